The Kier molecular flexibility index (Phi) is 9.23. The van der Waals surface area contributed by atoms with Crippen LogP contribution in [0.1, 0.15) is 74.7 Å². The summed E-state index contributed by atoms with van der Waals surface area (Å²) >= 11 is 0. The number of rotatable bonds is 9. The largest absolute Gasteiger partial charge is 0.354 e. The van der Waals surface area contributed by atoms with E-state index in [-0.39, 0.29) is 41.4 Å². The van der Waals surface area contributed by atoms with Gasteiger partial charge in [-0.2, -0.15) is 0 Å². The van der Waals surface area contributed by atoms with E-state index in [2.05, 4.69) is 31.4 Å². The molecule has 0 fully saturated rings. The topological polar surface area (TPSA) is 75.3 Å². The van der Waals surface area contributed by atoms with E-state index in [1.54, 1.807) is 6.92 Å². The molecule has 0 heterocycles. The number of carbonyl (C=O) groups is 3. The SMILES string of the molecule is CC(C)NC(=O)[C@H](C)CC(=O)[C@@H](NC(=O)CCC(C)(C)C)C(C)C. The van der Waals surface area contributed by atoms with E-state index in [0.717, 1.165) is 6.42 Å². The Morgan fingerprint density at radius 1 is 0.917 bits per heavy atom. The zero-order valence-corrected chi connectivity index (χ0v) is 16.7. The standard InChI is InChI=1S/C19H36N2O3/c1-12(2)17(21-16(23)9-10-19(6,7)8)15(22)11-14(5)18(24)20-13(3)4/h12-14,17H,9-11H2,1-8H3,(H,20,24)(H,21,23)/t14-,17+/m1/s1. The summed E-state index contributed by atoms with van der Waals surface area (Å²) in [5.74, 6) is -0.708. The molecule has 0 saturated heterocycles. The van der Waals surface area contributed by atoms with Gasteiger partial charge in [-0.25, -0.2) is 0 Å². The molecule has 0 aromatic heterocycles. The minimum atomic E-state index is -0.535. The maximum absolute atomic E-state index is 12.5. The zero-order chi connectivity index (χ0) is 19.1. The molecule has 2 atom stereocenters. The smallest absolute Gasteiger partial charge is 0.223 e. The lowest BCUT2D eigenvalue weighted by Gasteiger charge is -2.24. The Labute approximate surface area is 147 Å². The van der Waals surface area contributed by atoms with Crippen molar-refractivity contribution in [3.05, 3.63) is 0 Å². The predicted molar refractivity (Wildman–Crippen MR) is 97.5 cm³/mol. The van der Waals surface area contributed by atoms with Gasteiger partial charge in [0.2, 0.25) is 11.8 Å². The van der Waals surface area contributed by atoms with Crippen LogP contribution in [0.25, 0.3) is 0 Å². The molecule has 5 nitrogen and oxygen atoms in total. The second kappa shape index (κ2) is 9.80. The summed E-state index contributed by atoms with van der Waals surface area (Å²) in [7, 11) is 0. The summed E-state index contributed by atoms with van der Waals surface area (Å²) in [6.07, 6.45) is 1.31. The molecule has 2 N–H and O–H groups in total. The van der Waals surface area contributed by atoms with Crippen LogP contribution in [0.15, 0.2) is 0 Å². The van der Waals surface area contributed by atoms with Gasteiger partial charge in [0.1, 0.15) is 0 Å². The van der Waals surface area contributed by atoms with Gasteiger partial charge < -0.3 is 10.6 Å². The van der Waals surface area contributed by atoms with E-state index >= 15 is 0 Å². The molecule has 24 heavy (non-hydrogen) atoms. The van der Waals surface area contributed by atoms with Gasteiger partial charge >= 0.3 is 0 Å². The summed E-state index contributed by atoms with van der Waals surface area (Å²) in [5.41, 5.74) is 0.0815. The van der Waals surface area contributed by atoms with Gasteiger partial charge in [-0.1, -0.05) is 41.5 Å². The van der Waals surface area contributed by atoms with Crippen molar-refractivity contribution in [3.63, 3.8) is 0 Å². The van der Waals surface area contributed by atoms with E-state index in [0.29, 0.717) is 6.42 Å². The molecule has 0 rings (SSSR count). The second-order valence-electron chi connectivity index (χ2n) is 8.58. The molecule has 5 heteroatoms. The maximum Gasteiger partial charge on any atom is 0.223 e. The number of nitrogens with one attached hydrogen (secondary N) is 2. The Hall–Kier alpha value is -1.39. The third-order valence-electron chi connectivity index (χ3n) is 3.82. The van der Waals surface area contributed by atoms with Crippen molar-refractivity contribution in [1.82, 2.24) is 10.6 Å². The lowest BCUT2D eigenvalue weighted by molar-refractivity contribution is -0.132. The van der Waals surface area contributed by atoms with Crippen molar-refractivity contribution in [2.24, 2.45) is 17.3 Å². The molecule has 0 aliphatic rings. The number of Topliss-reactive ketones (excluding diaryl/α,β-unsaturated/α-hetero) is 1. The van der Waals surface area contributed by atoms with Crippen molar-refractivity contribution in [2.75, 3.05) is 0 Å². The van der Waals surface area contributed by atoms with Crippen molar-refractivity contribution >= 4 is 17.6 Å². The molecule has 0 aliphatic carbocycles. The highest BCUT2D eigenvalue weighted by Crippen LogP contribution is 2.20. The zero-order valence-electron chi connectivity index (χ0n) is 16.7. The first kappa shape index (κ1) is 22.6. The van der Waals surface area contributed by atoms with Crippen LogP contribution in [-0.4, -0.2) is 29.7 Å². The van der Waals surface area contributed by atoms with Crippen LogP contribution >= 0.6 is 0 Å². The lowest BCUT2D eigenvalue weighted by Crippen LogP contribution is -2.46. The van der Waals surface area contributed by atoms with Crippen LogP contribution in [0.2, 0.25) is 0 Å². The molecule has 0 saturated carbocycles. The summed E-state index contributed by atoms with van der Waals surface area (Å²) in [4.78, 5) is 36.6. The maximum atomic E-state index is 12.5. The lowest BCUT2D eigenvalue weighted by atomic mass is 9.89. The minimum Gasteiger partial charge on any atom is -0.354 e. The quantitative estimate of drug-likeness (QED) is 0.677. The highest BCUT2D eigenvalue weighted by Gasteiger charge is 2.27. The monoisotopic (exact) mass is 340 g/mol. The van der Waals surface area contributed by atoms with Crippen LogP contribution in [0.5, 0.6) is 0 Å². The average Bonchev–Trinajstić information content (AvgIpc) is 2.40. The number of amides is 2. The van der Waals surface area contributed by atoms with Crippen LogP contribution in [0.3, 0.4) is 0 Å². The van der Waals surface area contributed by atoms with Gasteiger partial charge in [-0.05, 0) is 31.6 Å². The fourth-order valence-electron chi connectivity index (χ4n) is 2.30. The third-order valence-corrected chi connectivity index (χ3v) is 3.82. The molecule has 0 aromatic carbocycles. The van der Waals surface area contributed by atoms with Crippen LogP contribution in [0.4, 0.5) is 0 Å². The molecule has 2 amide bonds. The highest BCUT2D eigenvalue weighted by molar-refractivity contribution is 5.92. The van der Waals surface area contributed by atoms with E-state index in [4.69, 9.17) is 0 Å². The number of ketones is 1. The predicted octanol–water partition coefficient (Wildman–Crippen LogP) is 3.07. The van der Waals surface area contributed by atoms with E-state index in [9.17, 15) is 14.4 Å². The van der Waals surface area contributed by atoms with Crippen molar-refractivity contribution < 1.29 is 14.4 Å². The third kappa shape index (κ3) is 9.68. The van der Waals surface area contributed by atoms with Gasteiger partial charge in [0.25, 0.3) is 0 Å². The van der Waals surface area contributed by atoms with Crippen molar-refractivity contribution in [3.8, 4) is 0 Å². The Bertz CT molecular complexity index is 436. The van der Waals surface area contributed by atoms with Gasteiger partial charge in [0.05, 0.1) is 6.04 Å². The molecule has 0 radical (unpaired) electrons. The fraction of sp³-hybridized carbons (Fsp3) is 0.842. The van der Waals surface area contributed by atoms with Gasteiger partial charge in [-0.3, -0.25) is 14.4 Å². The Morgan fingerprint density at radius 3 is 1.88 bits per heavy atom. The van der Waals surface area contributed by atoms with E-state index < -0.39 is 12.0 Å². The summed E-state index contributed by atoms with van der Waals surface area (Å²) in [6.45, 7) is 15.6. The van der Waals surface area contributed by atoms with Gasteiger partial charge in [0, 0.05) is 24.8 Å². The van der Waals surface area contributed by atoms with Crippen molar-refractivity contribution in [1.29, 1.82) is 0 Å². The first-order valence-electron chi connectivity index (χ1n) is 8.96. The number of hydrogen-bond donors (Lipinski definition) is 2. The average molecular weight is 341 g/mol. The van der Waals surface area contributed by atoms with E-state index in [1.165, 1.54) is 0 Å². The van der Waals surface area contributed by atoms with Crippen LogP contribution < -0.4 is 10.6 Å². The molecule has 0 unspecified atom stereocenters. The van der Waals surface area contributed by atoms with Crippen LogP contribution in [-0.2, 0) is 14.4 Å². The van der Waals surface area contributed by atoms with Gasteiger partial charge in [-0.15, -0.1) is 0 Å². The second-order valence-corrected chi connectivity index (χ2v) is 8.58. The van der Waals surface area contributed by atoms with E-state index in [1.807, 2.05) is 27.7 Å². The minimum absolute atomic E-state index is 0.00329. The summed E-state index contributed by atoms with van der Waals surface area (Å²) in [5, 5.41) is 5.67. The number of carbonyl (C=O) groups excluding carboxylic acids is 3. The first-order valence-corrected chi connectivity index (χ1v) is 8.96. The molecule has 0 bridgehead atoms. The van der Waals surface area contributed by atoms with Crippen LogP contribution in [0, 0.1) is 17.3 Å². The Balaban J connectivity index is 4.67. The first-order chi connectivity index (χ1) is 10.8. The van der Waals surface area contributed by atoms with Gasteiger partial charge in [0.15, 0.2) is 5.78 Å². The fourth-order valence-corrected chi connectivity index (χ4v) is 2.30. The normalized spacial score (nSPS) is 14.4. The Morgan fingerprint density at radius 2 is 1.46 bits per heavy atom. The molecular weight excluding hydrogens is 304 g/mol. The molecule has 0 spiro atoms. The molecule has 0 aromatic rings. The summed E-state index contributed by atoms with van der Waals surface area (Å²) < 4.78 is 0. The van der Waals surface area contributed by atoms with Crippen molar-refractivity contribution in [2.45, 2.75) is 86.7 Å². The highest BCUT2D eigenvalue weighted by atomic mass is 16.2. The molecular formula is C19H36N2O3. The molecule has 140 valence electrons. The summed E-state index contributed by atoms with van der Waals surface area (Å²) in [6, 6.07) is -0.486. The molecule has 0 aliphatic heterocycles. The number of hydrogen-bond acceptors (Lipinski definition) is 3.